The molecule has 0 radical (unpaired) electrons. The van der Waals surface area contributed by atoms with Crippen molar-refractivity contribution in [1.29, 1.82) is 0 Å². The molecule has 0 aliphatic carbocycles. The first-order chi connectivity index (χ1) is 9.11. The minimum absolute atomic E-state index is 0.0182. The topological polar surface area (TPSA) is 75.5 Å². The van der Waals surface area contributed by atoms with Crippen LogP contribution in [-0.4, -0.2) is 28.8 Å². The predicted octanol–water partition coefficient (Wildman–Crippen LogP) is 2.28. The van der Waals surface area contributed by atoms with E-state index >= 15 is 0 Å². The van der Waals surface area contributed by atoms with E-state index in [9.17, 15) is 14.9 Å². The molecule has 1 aromatic heterocycles. The third-order valence-corrected chi connectivity index (χ3v) is 4.06. The number of carbonyl (C=O) groups excluding carboxylic acids is 1. The van der Waals surface area contributed by atoms with Gasteiger partial charge in [-0.1, -0.05) is 31.1 Å². The molecule has 0 unspecified atom stereocenters. The first kappa shape index (κ1) is 14.0. The molecule has 1 aromatic rings. The van der Waals surface area contributed by atoms with Gasteiger partial charge in [0.1, 0.15) is 6.17 Å². The maximum Gasteiger partial charge on any atom is 0.324 e. The first-order valence-corrected chi connectivity index (χ1v) is 7.26. The number of hydrogen-bond acceptors (Lipinski definition) is 5. The zero-order valence-electron chi connectivity index (χ0n) is 10.8. The molecule has 1 aliphatic heterocycles. The van der Waals surface area contributed by atoms with Crippen LogP contribution in [0.2, 0.25) is 0 Å². The van der Waals surface area contributed by atoms with Crippen LogP contribution in [-0.2, 0) is 4.79 Å². The molecule has 6 nitrogen and oxygen atoms in total. The molecule has 2 rings (SSSR count). The highest BCUT2D eigenvalue weighted by molar-refractivity contribution is 7.13. The third kappa shape index (κ3) is 3.30. The third-order valence-electron chi connectivity index (χ3n) is 3.16. The highest BCUT2D eigenvalue weighted by Gasteiger charge is 2.31. The number of unbranched alkanes of at least 4 members (excludes halogenated alkanes) is 2. The first-order valence-electron chi connectivity index (χ1n) is 6.38. The maximum absolute atomic E-state index is 11.5. The normalized spacial score (nSPS) is 19.6. The molecule has 19 heavy (non-hydrogen) atoms. The van der Waals surface area contributed by atoms with Crippen molar-refractivity contribution in [1.82, 2.24) is 10.2 Å². The SMILES string of the molecule is CCCCCN1CC(=O)N[C@H]1c1csc([N+](=O)[O-])c1. The molecular formula is C12H17N3O3S. The summed E-state index contributed by atoms with van der Waals surface area (Å²) >= 11 is 1.10. The van der Waals surface area contributed by atoms with Gasteiger partial charge in [-0.2, -0.15) is 0 Å². The largest absolute Gasteiger partial charge is 0.335 e. The molecule has 1 amide bonds. The van der Waals surface area contributed by atoms with Gasteiger partial charge >= 0.3 is 5.00 Å². The Labute approximate surface area is 115 Å². The van der Waals surface area contributed by atoms with Gasteiger partial charge in [0.15, 0.2) is 0 Å². The number of thiophene rings is 1. The molecule has 0 bridgehead atoms. The van der Waals surface area contributed by atoms with E-state index in [1.54, 1.807) is 11.4 Å². The molecular weight excluding hydrogens is 266 g/mol. The van der Waals surface area contributed by atoms with E-state index in [2.05, 4.69) is 12.2 Å². The van der Waals surface area contributed by atoms with Crippen LogP contribution in [0.25, 0.3) is 0 Å². The van der Waals surface area contributed by atoms with Crippen LogP contribution in [0.3, 0.4) is 0 Å². The van der Waals surface area contributed by atoms with Crippen molar-refractivity contribution < 1.29 is 9.72 Å². The second-order valence-corrected chi connectivity index (χ2v) is 5.51. The van der Waals surface area contributed by atoms with Crippen LogP contribution in [0, 0.1) is 10.1 Å². The molecule has 0 spiro atoms. The lowest BCUT2D eigenvalue weighted by Gasteiger charge is -2.21. The van der Waals surface area contributed by atoms with Crippen LogP contribution >= 0.6 is 11.3 Å². The van der Waals surface area contributed by atoms with Crippen LogP contribution < -0.4 is 5.32 Å². The number of hydrogen-bond donors (Lipinski definition) is 1. The zero-order valence-corrected chi connectivity index (χ0v) is 11.6. The summed E-state index contributed by atoms with van der Waals surface area (Å²) in [6.07, 6.45) is 3.08. The Morgan fingerprint density at radius 3 is 3.00 bits per heavy atom. The Hall–Kier alpha value is -1.47. The summed E-state index contributed by atoms with van der Waals surface area (Å²) in [7, 11) is 0. The average Bonchev–Trinajstić information content (AvgIpc) is 2.96. The number of amides is 1. The summed E-state index contributed by atoms with van der Waals surface area (Å²) in [5.41, 5.74) is 0.805. The predicted molar refractivity (Wildman–Crippen MR) is 73.0 cm³/mol. The Kier molecular flexibility index (Phi) is 4.49. The standard InChI is InChI=1S/C12H17N3O3S/c1-2-3-4-5-14-7-10(16)13-12(14)9-6-11(15(17)18)19-8-9/h6,8,12H,2-5,7H2,1H3,(H,13,16)/t12-/m1/s1. The van der Waals surface area contributed by atoms with Crippen molar-refractivity contribution in [3.8, 4) is 0 Å². The van der Waals surface area contributed by atoms with Crippen molar-refractivity contribution in [2.45, 2.75) is 32.4 Å². The van der Waals surface area contributed by atoms with Crippen molar-refractivity contribution in [3.05, 3.63) is 27.1 Å². The van der Waals surface area contributed by atoms with E-state index < -0.39 is 4.92 Å². The second kappa shape index (κ2) is 6.12. The lowest BCUT2D eigenvalue weighted by molar-refractivity contribution is -0.380. The highest BCUT2D eigenvalue weighted by Crippen LogP contribution is 2.30. The summed E-state index contributed by atoms with van der Waals surface area (Å²) in [6.45, 7) is 3.34. The zero-order chi connectivity index (χ0) is 13.8. The van der Waals surface area contributed by atoms with Gasteiger partial charge < -0.3 is 5.32 Å². The molecule has 1 aliphatic rings. The number of nitrogens with one attached hydrogen (secondary N) is 1. The van der Waals surface area contributed by atoms with Crippen molar-refractivity contribution in [2.24, 2.45) is 0 Å². The lowest BCUT2D eigenvalue weighted by Crippen LogP contribution is -2.28. The average molecular weight is 283 g/mol. The fraction of sp³-hybridized carbons (Fsp3) is 0.583. The van der Waals surface area contributed by atoms with E-state index in [4.69, 9.17) is 0 Å². The fourth-order valence-electron chi connectivity index (χ4n) is 2.21. The molecule has 7 heteroatoms. The highest BCUT2D eigenvalue weighted by atomic mass is 32.1. The monoisotopic (exact) mass is 283 g/mol. The number of rotatable bonds is 6. The van der Waals surface area contributed by atoms with E-state index in [1.165, 1.54) is 0 Å². The van der Waals surface area contributed by atoms with E-state index in [0.717, 1.165) is 42.7 Å². The van der Waals surface area contributed by atoms with Crippen molar-refractivity contribution in [2.75, 3.05) is 13.1 Å². The fourth-order valence-corrected chi connectivity index (χ4v) is 2.95. The molecule has 1 fully saturated rings. The van der Waals surface area contributed by atoms with E-state index in [-0.39, 0.29) is 17.1 Å². The number of nitrogens with zero attached hydrogens (tertiary/aromatic N) is 2. The van der Waals surface area contributed by atoms with Crippen LogP contribution in [0.5, 0.6) is 0 Å². The van der Waals surface area contributed by atoms with Crippen molar-refractivity contribution in [3.63, 3.8) is 0 Å². The van der Waals surface area contributed by atoms with Gasteiger partial charge in [0, 0.05) is 23.6 Å². The van der Waals surface area contributed by atoms with E-state index in [0.29, 0.717) is 6.54 Å². The van der Waals surface area contributed by atoms with Gasteiger partial charge in [0.25, 0.3) is 0 Å². The molecule has 1 saturated heterocycles. The Balaban J connectivity index is 2.06. The van der Waals surface area contributed by atoms with Crippen LogP contribution in [0.1, 0.15) is 37.9 Å². The maximum atomic E-state index is 11.5. The summed E-state index contributed by atoms with van der Waals surface area (Å²) in [5.74, 6) is -0.0182. The molecule has 0 aromatic carbocycles. The van der Waals surface area contributed by atoms with Crippen LogP contribution in [0.15, 0.2) is 11.4 Å². The van der Waals surface area contributed by atoms with Crippen molar-refractivity contribution >= 4 is 22.2 Å². The van der Waals surface area contributed by atoms with Gasteiger partial charge in [0.05, 0.1) is 11.5 Å². The minimum atomic E-state index is -0.396. The van der Waals surface area contributed by atoms with Gasteiger partial charge in [-0.05, 0) is 6.42 Å². The minimum Gasteiger partial charge on any atom is -0.335 e. The summed E-state index contributed by atoms with van der Waals surface area (Å²) in [5, 5.41) is 15.4. The number of carbonyl (C=O) groups is 1. The van der Waals surface area contributed by atoms with Gasteiger partial charge in [-0.3, -0.25) is 19.8 Å². The van der Waals surface area contributed by atoms with Crippen LogP contribution in [0.4, 0.5) is 5.00 Å². The Morgan fingerprint density at radius 1 is 1.58 bits per heavy atom. The molecule has 104 valence electrons. The van der Waals surface area contributed by atoms with Gasteiger partial charge in [0.2, 0.25) is 5.91 Å². The molecule has 1 N–H and O–H groups in total. The molecule has 1 atom stereocenters. The molecule has 2 heterocycles. The quantitative estimate of drug-likeness (QED) is 0.493. The smallest absolute Gasteiger partial charge is 0.324 e. The second-order valence-electron chi connectivity index (χ2n) is 4.62. The molecule has 0 saturated carbocycles. The number of nitro groups is 1. The Bertz CT molecular complexity index is 475. The van der Waals surface area contributed by atoms with Gasteiger partial charge in [-0.25, -0.2) is 0 Å². The Morgan fingerprint density at radius 2 is 2.37 bits per heavy atom. The summed E-state index contributed by atoms with van der Waals surface area (Å²) < 4.78 is 0. The lowest BCUT2D eigenvalue weighted by atomic mass is 10.2. The van der Waals surface area contributed by atoms with Gasteiger partial charge in [-0.15, -0.1) is 0 Å². The van der Waals surface area contributed by atoms with E-state index in [1.807, 2.05) is 4.90 Å². The summed E-state index contributed by atoms with van der Waals surface area (Å²) in [4.78, 5) is 23.9. The summed E-state index contributed by atoms with van der Waals surface area (Å²) in [6, 6.07) is 1.55.